The molecule has 1 atom stereocenters. The van der Waals surface area contributed by atoms with E-state index in [-0.39, 0.29) is 23.5 Å². The first-order valence-electron chi connectivity index (χ1n) is 11.4. The lowest BCUT2D eigenvalue weighted by Gasteiger charge is -2.36. The first kappa shape index (κ1) is 25.4. The van der Waals surface area contributed by atoms with Gasteiger partial charge in [-0.25, -0.2) is 0 Å². The molecule has 1 unspecified atom stereocenters. The van der Waals surface area contributed by atoms with E-state index in [4.69, 9.17) is 21.7 Å². The number of esters is 1. The van der Waals surface area contributed by atoms with Crippen LogP contribution < -0.4 is 15.4 Å². The molecule has 2 aliphatic rings. The second kappa shape index (κ2) is 12.3. The summed E-state index contributed by atoms with van der Waals surface area (Å²) in [7, 11) is 0. The van der Waals surface area contributed by atoms with E-state index < -0.39 is 17.9 Å². The Balaban J connectivity index is 1.66. The molecule has 1 aromatic rings. The molecule has 8 nitrogen and oxygen atoms in total. The van der Waals surface area contributed by atoms with Crippen LogP contribution in [0.1, 0.15) is 62.2 Å². The van der Waals surface area contributed by atoms with Crippen molar-refractivity contribution in [3.8, 4) is 5.75 Å². The van der Waals surface area contributed by atoms with Gasteiger partial charge in [-0.3, -0.25) is 19.7 Å². The number of carbonyl (C=O) groups is 3. The molecule has 1 heterocycles. The average Bonchev–Trinajstić information content (AvgIpc) is 2.80. The Labute approximate surface area is 207 Å². The van der Waals surface area contributed by atoms with Crippen LogP contribution in [0, 0.1) is 0 Å². The highest BCUT2D eigenvalue weighted by molar-refractivity contribution is 9.10. The fourth-order valence-electron chi connectivity index (χ4n) is 3.99. The molecule has 33 heavy (non-hydrogen) atoms. The van der Waals surface area contributed by atoms with E-state index in [0.717, 1.165) is 43.0 Å². The molecule has 180 valence electrons. The second-order valence-corrected chi connectivity index (χ2v) is 9.50. The summed E-state index contributed by atoms with van der Waals surface area (Å²) in [5.41, 5.74) is 0.329. The molecule has 0 bridgehead atoms. The number of amides is 2. The number of thiocarbonyl (C=S) groups is 1. The van der Waals surface area contributed by atoms with Crippen molar-refractivity contribution in [1.82, 2.24) is 15.5 Å². The van der Waals surface area contributed by atoms with Crippen LogP contribution in [0.15, 0.2) is 22.7 Å². The Kier molecular flexibility index (Phi) is 9.49. The van der Waals surface area contributed by atoms with Gasteiger partial charge in [0.25, 0.3) is 5.91 Å². The molecule has 1 saturated heterocycles. The molecule has 1 aromatic carbocycles. The van der Waals surface area contributed by atoms with Gasteiger partial charge in [0.05, 0.1) is 18.6 Å². The number of rotatable bonds is 7. The third-order valence-corrected chi connectivity index (χ3v) is 6.50. The van der Waals surface area contributed by atoms with Gasteiger partial charge in [0.2, 0.25) is 5.91 Å². The second-order valence-electron chi connectivity index (χ2n) is 8.20. The van der Waals surface area contributed by atoms with Gasteiger partial charge < -0.3 is 19.7 Å². The predicted octanol–water partition coefficient (Wildman–Crippen LogP) is 3.32. The van der Waals surface area contributed by atoms with Crippen LogP contribution in [0.3, 0.4) is 0 Å². The van der Waals surface area contributed by atoms with E-state index in [2.05, 4.69) is 26.6 Å². The van der Waals surface area contributed by atoms with Gasteiger partial charge in [-0.15, -0.1) is 0 Å². The standard InChI is InChI=1S/C23H30BrN3O5S/c1-2-12-31-19-9-8-15(24)13-17(19)21(29)26-23(33)27-11-10-25-22(30)18(27)14-20(28)32-16-6-4-3-5-7-16/h8-9,13,16,18H,2-7,10-12,14H2,1H3,(H,25,30)(H,26,29,33). The van der Waals surface area contributed by atoms with Gasteiger partial charge in [-0.1, -0.05) is 29.3 Å². The highest BCUT2D eigenvalue weighted by atomic mass is 79.9. The fourth-order valence-corrected chi connectivity index (χ4v) is 4.66. The highest BCUT2D eigenvalue weighted by Crippen LogP contribution is 2.24. The molecule has 0 aromatic heterocycles. The minimum absolute atomic E-state index is 0.0870. The molecule has 1 aliphatic heterocycles. The first-order valence-corrected chi connectivity index (χ1v) is 12.6. The molecule has 2 fully saturated rings. The molecule has 0 spiro atoms. The number of carbonyl (C=O) groups excluding carboxylic acids is 3. The molecule has 1 saturated carbocycles. The van der Waals surface area contributed by atoms with Crippen LogP contribution >= 0.6 is 28.1 Å². The maximum Gasteiger partial charge on any atom is 0.308 e. The number of hydrogen-bond acceptors (Lipinski definition) is 6. The Morgan fingerprint density at radius 2 is 2.03 bits per heavy atom. The number of hydrogen-bond donors (Lipinski definition) is 2. The molecular weight excluding hydrogens is 510 g/mol. The van der Waals surface area contributed by atoms with Gasteiger partial charge in [0.15, 0.2) is 5.11 Å². The van der Waals surface area contributed by atoms with E-state index in [0.29, 0.717) is 31.0 Å². The number of benzene rings is 1. The monoisotopic (exact) mass is 539 g/mol. The zero-order chi connectivity index (χ0) is 23.8. The van der Waals surface area contributed by atoms with Crippen molar-refractivity contribution in [2.24, 2.45) is 0 Å². The van der Waals surface area contributed by atoms with Gasteiger partial charge in [0, 0.05) is 17.6 Å². The van der Waals surface area contributed by atoms with Gasteiger partial charge in [-0.2, -0.15) is 0 Å². The molecule has 3 rings (SSSR count). The lowest BCUT2D eigenvalue weighted by atomic mass is 9.98. The minimum Gasteiger partial charge on any atom is -0.493 e. The maximum absolute atomic E-state index is 13.0. The average molecular weight is 540 g/mol. The molecular formula is C23H30BrN3O5S. The molecule has 2 N–H and O–H groups in total. The van der Waals surface area contributed by atoms with E-state index in [9.17, 15) is 14.4 Å². The fraction of sp³-hybridized carbons (Fsp3) is 0.565. The van der Waals surface area contributed by atoms with E-state index in [1.54, 1.807) is 23.1 Å². The number of halogens is 1. The van der Waals surface area contributed by atoms with Crippen molar-refractivity contribution in [2.45, 2.75) is 64.0 Å². The molecule has 1 aliphatic carbocycles. The Morgan fingerprint density at radius 1 is 1.27 bits per heavy atom. The third-order valence-electron chi connectivity index (χ3n) is 5.67. The van der Waals surface area contributed by atoms with Gasteiger partial charge >= 0.3 is 5.97 Å². The van der Waals surface area contributed by atoms with Gasteiger partial charge in [0.1, 0.15) is 17.9 Å². The smallest absolute Gasteiger partial charge is 0.308 e. The zero-order valence-corrected chi connectivity index (χ0v) is 21.1. The highest BCUT2D eigenvalue weighted by Gasteiger charge is 2.35. The van der Waals surface area contributed by atoms with Crippen LogP contribution in [0.2, 0.25) is 0 Å². The third kappa shape index (κ3) is 7.14. The van der Waals surface area contributed by atoms with Crippen molar-refractivity contribution in [2.75, 3.05) is 19.7 Å². The van der Waals surface area contributed by atoms with Crippen LogP contribution in [-0.4, -0.2) is 59.6 Å². The van der Waals surface area contributed by atoms with Crippen LogP contribution in [0.25, 0.3) is 0 Å². The maximum atomic E-state index is 13.0. The SMILES string of the molecule is CCCOc1ccc(Br)cc1C(=O)NC(=S)N1CCNC(=O)C1CC(=O)OC1CCCCC1. The van der Waals surface area contributed by atoms with E-state index in [1.165, 1.54) is 0 Å². The molecule has 10 heteroatoms. The summed E-state index contributed by atoms with van der Waals surface area (Å²) < 4.78 is 12.0. The van der Waals surface area contributed by atoms with Crippen LogP contribution in [-0.2, 0) is 14.3 Å². The van der Waals surface area contributed by atoms with Crippen molar-refractivity contribution in [3.63, 3.8) is 0 Å². The Morgan fingerprint density at radius 3 is 2.76 bits per heavy atom. The lowest BCUT2D eigenvalue weighted by Crippen LogP contribution is -2.60. The van der Waals surface area contributed by atoms with Crippen LogP contribution in [0.5, 0.6) is 5.75 Å². The van der Waals surface area contributed by atoms with Gasteiger partial charge in [-0.05, 0) is 62.5 Å². The van der Waals surface area contributed by atoms with Crippen molar-refractivity contribution in [1.29, 1.82) is 0 Å². The number of nitrogens with one attached hydrogen (secondary N) is 2. The van der Waals surface area contributed by atoms with E-state index >= 15 is 0 Å². The molecule has 2 amide bonds. The summed E-state index contributed by atoms with van der Waals surface area (Å²) in [4.78, 5) is 39.7. The number of ether oxygens (including phenoxy) is 2. The zero-order valence-electron chi connectivity index (χ0n) is 18.7. The minimum atomic E-state index is -0.832. The summed E-state index contributed by atoms with van der Waals surface area (Å²) in [6, 6.07) is 4.34. The summed E-state index contributed by atoms with van der Waals surface area (Å²) in [5, 5.41) is 5.55. The van der Waals surface area contributed by atoms with E-state index in [1.807, 2.05) is 6.92 Å². The summed E-state index contributed by atoms with van der Waals surface area (Å²) in [5.74, 6) is -0.732. The summed E-state index contributed by atoms with van der Waals surface area (Å²) >= 11 is 8.85. The summed E-state index contributed by atoms with van der Waals surface area (Å²) in [6.07, 6.45) is 5.55. The van der Waals surface area contributed by atoms with Crippen molar-refractivity contribution in [3.05, 3.63) is 28.2 Å². The van der Waals surface area contributed by atoms with Crippen molar-refractivity contribution < 1.29 is 23.9 Å². The van der Waals surface area contributed by atoms with Crippen molar-refractivity contribution >= 4 is 51.0 Å². The lowest BCUT2D eigenvalue weighted by molar-refractivity contribution is -0.153. The molecule has 0 radical (unpaired) electrons. The Hall–Kier alpha value is -2.20. The Bertz CT molecular complexity index is 891. The van der Waals surface area contributed by atoms with Crippen LogP contribution in [0.4, 0.5) is 0 Å². The predicted molar refractivity (Wildman–Crippen MR) is 131 cm³/mol. The topological polar surface area (TPSA) is 97.0 Å². The largest absolute Gasteiger partial charge is 0.493 e. The number of nitrogens with zero attached hydrogens (tertiary/aromatic N) is 1. The number of piperazine rings is 1. The normalized spacial score (nSPS) is 18.9. The first-order chi connectivity index (χ1) is 15.9. The quantitative estimate of drug-likeness (QED) is 0.405. The summed E-state index contributed by atoms with van der Waals surface area (Å²) in [6.45, 7) is 3.20.